The number of aryl methyl sites for hydroxylation is 2. The summed E-state index contributed by atoms with van der Waals surface area (Å²) in [5.41, 5.74) is 1.04. The summed E-state index contributed by atoms with van der Waals surface area (Å²) >= 11 is 7.61. The third-order valence-corrected chi connectivity index (χ3v) is 7.60. The van der Waals surface area contributed by atoms with Crippen LogP contribution in [-0.4, -0.2) is 21.6 Å². The predicted molar refractivity (Wildman–Crippen MR) is 140 cm³/mol. The quantitative estimate of drug-likeness (QED) is 0.405. The van der Waals surface area contributed by atoms with E-state index in [1.165, 1.54) is 15.9 Å². The summed E-state index contributed by atoms with van der Waals surface area (Å²) < 4.78 is 7.97. The molecule has 4 aromatic rings. The molecule has 0 atom stereocenters. The number of thiophene rings is 1. The Morgan fingerprint density at radius 2 is 1.89 bits per heavy atom. The van der Waals surface area contributed by atoms with E-state index in [9.17, 15) is 14.4 Å². The minimum atomic E-state index is -0.565. The van der Waals surface area contributed by atoms with Crippen molar-refractivity contribution in [2.75, 3.05) is 11.9 Å². The van der Waals surface area contributed by atoms with Gasteiger partial charge in [0.15, 0.2) is 0 Å². The third kappa shape index (κ3) is 4.51. The number of hydrogen-bond donors (Lipinski definition) is 1. The van der Waals surface area contributed by atoms with Crippen molar-refractivity contribution in [2.45, 2.75) is 39.2 Å². The van der Waals surface area contributed by atoms with Gasteiger partial charge in [-0.2, -0.15) is 0 Å². The minimum Gasteiger partial charge on any atom is -0.494 e. The molecule has 5 rings (SSSR count). The standard InChI is InChI=1S/C26H24ClN3O4S/c1-2-34-19-12-10-17(11-13-19)28-22(31)15-29-25-23(20-8-3-4-9-21(20)35-25)24(32)30(26(29)33)18-7-5-6-16(27)14-18/h5-7,10-14H,2-4,8-9,15H2,1H3,(H,28,31). The van der Waals surface area contributed by atoms with Crippen molar-refractivity contribution in [2.24, 2.45) is 0 Å². The van der Waals surface area contributed by atoms with Gasteiger partial charge >= 0.3 is 5.69 Å². The van der Waals surface area contributed by atoms with Gasteiger partial charge in [-0.1, -0.05) is 17.7 Å². The molecule has 0 fully saturated rings. The van der Waals surface area contributed by atoms with Crippen LogP contribution in [0.3, 0.4) is 0 Å². The topological polar surface area (TPSA) is 82.3 Å². The van der Waals surface area contributed by atoms with Crippen LogP contribution >= 0.6 is 22.9 Å². The van der Waals surface area contributed by atoms with Gasteiger partial charge in [-0.05, 0) is 80.6 Å². The maximum atomic E-state index is 13.6. The van der Waals surface area contributed by atoms with Gasteiger partial charge in [-0.3, -0.25) is 14.2 Å². The first-order chi connectivity index (χ1) is 17.0. The molecule has 35 heavy (non-hydrogen) atoms. The van der Waals surface area contributed by atoms with Crippen molar-refractivity contribution in [1.82, 2.24) is 9.13 Å². The molecule has 2 aromatic heterocycles. The normalized spacial score (nSPS) is 13.0. The highest BCUT2D eigenvalue weighted by molar-refractivity contribution is 7.18. The van der Waals surface area contributed by atoms with Gasteiger partial charge in [-0.15, -0.1) is 11.3 Å². The second-order valence-electron chi connectivity index (χ2n) is 8.39. The van der Waals surface area contributed by atoms with E-state index in [0.717, 1.165) is 40.7 Å². The summed E-state index contributed by atoms with van der Waals surface area (Å²) in [5, 5.41) is 3.78. The van der Waals surface area contributed by atoms with Crippen LogP contribution in [0.25, 0.3) is 15.9 Å². The number of carbonyl (C=O) groups excluding carboxylic acids is 1. The molecular weight excluding hydrogens is 486 g/mol. The fraction of sp³-hybridized carbons (Fsp3) is 0.269. The van der Waals surface area contributed by atoms with Crippen molar-refractivity contribution in [3.63, 3.8) is 0 Å². The lowest BCUT2D eigenvalue weighted by Crippen LogP contribution is -2.40. The highest BCUT2D eigenvalue weighted by Gasteiger charge is 2.25. The van der Waals surface area contributed by atoms with Gasteiger partial charge in [0.05, 0.1) is 17.7 Å². The van der Waals surface area contributed by atoms with Gasteiger partial charge < -0.3 is 10.1 Å². The number of rotatable bonds is 6. The Labute approximate surface area is 210 Å². The summed E-state index contributed by atoms with van der Waals surface area (Å²) in [6.45, 7) is 2.24. The Bertz CT molecular complexity index is 1540. The number of halogens is 1. The predicted octanol–water partition coefficient (Wildman–Crippen LogP) is 4.78. The van der Waals surface area contributed by atoms with Crippen molar-refractivity contribution in [3.05, 3.63) is 84.8 Å². The fourth-order valence-electron chi connectivity index (χ4n) is 4.50. The Morgan fingerprint density at radius 3 is 2.63 bits per heavy atom. The largest absolute Gasteiger partial charge is 0.494 e. The number of ether oxygens (including phenoxy) is 1. The summed E-state index contributed by atoms with van der Waals surface area (Å²) in [6.07, 6.45) is 3.70. The van der Waals surface area contributed by atoms with E-state index in [1.807, 2.05) is 6.92 Å². The number of nitrogens with one attached hydrogen (secondary N) is 1. The second kappa shape index (κ2) is 9.71. The molecule has 0 saturated carbocycles. The molecule has 9 heteroatoms. The summed E-state index contributed by atoms with van der Waals surface area (Å²) in [7, 11) is 0. The van der Waals surface area contributed by atoms with Gasteiger partial charge in [-0.25, -0.2) is 9.36 Å². The van der Waals surface area contributed by atoms with E-state index in [1.54, 1.807) is 48.5 Å². The van der Waals surface area contributed by atoms with Crippen LogP contribution in [0, 0.1) is 0 Å². The second-order valence-corrected chi connectivity index (χ2v) is 9.91. The van der Waals surface area contributed by atoms with E-state index >= 15 is 0 Å². The molecule has 0 aliphatic heterocycles. The zero-order valence-electron chi connectivity index (χ0n) is 19.2. The van der Waals surface area contributed by atoms with Crippen molar-refractivity contribution >= 4 is 44.7 Å². The molecule has 2 aromatic carbocycles. The molecule has 0 saturated heterocycles. The molecular formula is C26H24ClN3O4S. The first-order valence-electron chi connectivity index (χ1n) is 11.5. The first kappa shape index (κ1) is 23.4. The fourth-order valence-corrected chi connectivity index (χ4v) is 6.05. The maximum Gasteiger partial charge on any atom is 0.337 e. The lowest BCUT2D eigenvalue weighted by Gasteiger charge is -2.14. The Hall–Kier alpha value is -3.36. The monoisotopic (exact) mass is 509 g/mol. The number of hydrogen-bond acceptors (Lipinski definition) is 5. The molecule has 0 radical (unpaired) electrons. The number of benzene rings is 2. The van der Waals surface area contributed by atoms with Crippen molar-refractivity contribution < 1.29 is 9.53 Å². The highest BCUT2D eigenvalue weighted by atomic mass is 35.5. The number of nitrogens with zero attached hydrogens (tertiary/aromatic N) is 2. The molecule has 0 unspecified atom stereocenters. The van der Waals surface area contributed by atoms with E-state index in [-0.39, 0.29) is 18.0 Å². The number of carbonyl (C=O) groups is 1. The van der Waals surface area contributed by atoms with Crippen LogP contribution < -0.4 is 21.3 Å². The molecule has 1 amide bonds. The zero-order valence-corrected chi connectivity index (χ0v) is 20.7. The minimum absolute atomic E-state index is 0.219. The van der Waals surface area contributed by atoms with Crippen LogP contribution in [0.4, 0.5) is 5.69 Å². The number of aromatic nitrogens is 2. The van der Waals surface area contributed by atoms with Crippen LogP contribution in [0.15, 0.2) is 58.1 Å². The third-order valence-electron chi connectivity index (χ3n) is 6.05. The van der Waals surface area contributed by atoms with Crippen LogP contribution in [0.2, 0.25) is 5.02 Å². The molecule has 1 N–H and O–H groups in total. The average Bonchev–Trinajstić information content (AvgIpc) is 3.23. The first-order valence-corrected chi connectivity index (χ1v) is 12.7. The zero-order chi connectivity index (χ0) is 24.5. The van der Waals surface area contributed by atoms with E-state index < -0.39 is 5.69 Å². The Morgan fingerprint density at radius 1 is 1.11 bits per heavy atom. The smallest absolute Gasteiger partial charge is 0.337 e. The van der Waals surface area contributed by atoms with Gasteiger partial charge in [0.1, 0.15) is 17.1 Å². The molecule has 7 nitrogen and oxygen atoms in total. The van der Waals surface area contributed by atoms with Gasteiger partial charge in [0.25, 0.3) is 5.56 Å². The van der Waals surface area contributed by atoms with Crippen LogP contribution in [-0.2, 0) is 24.2 Å². The summed E-state index contributed by atoms with van der Waals surface area (Å²) in [6, 6.07) is 13.7. The SMILES string of the molecule is CCOc1ccc(NC(=O)Cn2c(=O)n(-c3cccc(Cl)c3)c(=O)c3c4c(sc32)CCCC4)cc1. The Kier molecular flexibility index (Phi) is 6.49. The summed E-state index contributed by atoms with van der Waals surface area (Å²) in [5.74, 6) is 0.349. The van der Waals surface area contributed by atoms with Crippen molar-refractivity contribution in [3.8, 4) is 11.4 Å². The van der Waals surface area contributed by atoms with Crippen LogP contribution in [0.1, 0.15) is 30.2 Å². The molecule has 0 bridgehead atoms. The van der Waals surface area contributed by atoms with Gasteiger partial charge in [0.2, 0.25) is 5.91 Å². The van der Waals surface area contributed by atoms with Crippen LogP contribution in [0.5, 0.6) is 5.75 Å². The molecule has 2 heterocycles. The molecule has 1 aliphatic carbocycles. The summed E-state index contributed by atoms with van der Waals surface area (Å²) in [4.78, 5) is 41.9. The average molecular weight is 510 g/mol. The molecule has 180 valence electrons. The molecule has 0 spiro atoms. The van der Waals surface area contributed by atoms with E-state index in [2.05, 4.69) is 5.32 Å². The van der Waals surface area contributed by atoms with Gasteiger partial charge in [0, 0.05) is 15.6 Å². The van der Waals surface area contributed by atoms with Crippen molar-refractivity contribution in [1.29, 1.82) is 0 Å². The lowest BCUT2D eigenvalue weighted by molar-refractivity contribution is -0.116. The molecule has 1 aliphatic rings. The Balaban J connectivity index is 1.60. The number of amides is 1. The van der Waals surface area contributed by atoms with E-state index in [4.69, 9.17) is 16.3 Å². The number of fused-ring (bicyclic) bond motifs is 3. The van der Waals surface area contributed by atoms with E-state index in [0.29, 0.717) is 39.0 Å². The highest BCUT2D eigenvalue weighted by Crippen LogP contribution is 2.34. The maximum absolute atomic E-state index is 13.6. The lowest BCUT2D eigenvalue weighted by atomic mass is 9.97. The number of anilines is 1.